The van der Waals surface area contributed by atoms with Crippen LogP contribution in [0.3, 0.4) is 0 Å². The molecule has 0 amide bonds. The van der Waals surface area contributed by atoms with Crippen molar-refractivity contribution in [3.63, 3.8) is 0 Å². The van der Waals surface area contributed by atoms with Crippen LogP contribution in [0.25, 0.3) is 0 Å². The molecule has 1 N–H and O–H groups in total. The third-order valence-corrected chi connectivity index (χ3v) is 3.86. The van der Waals surface area contributed by atoms with Gasteiger partial charge in [-0.15, -0.1) is 0 Å². The Morgan fingerprint density at radius 2 is 2.10 bits per heavy atom. The molecule has 0 unspecified atom stereocenters. The van der Waals surface area contributed by atoms with Crippen LogP contribution in [0.1, 0.15) is 24.0 Å². The summed E-state index contributed by atoms with van der Waals surface area (Å²) in [6, 6.07) is 10.3. The molecule has 1 saturated carbocycles. The Bertz CT molecular complexity index is 638. The topological polar surface area (TPSA) is 28.2 Å². The number of halogens is 1. The number of aromatic nitrogens is 1. The SMILES string of the molecule is Cc1ccccc1N(C)c1ncc(F)cc1CNC1CC1. The monoisotopic (exact) mass is 285 g/mol. The van der Waals surface area contributed by atoms with Gasteiger partial charge in [0, 0.05) is 30.9 Å². The van der Waals surface area contributed by atoms with Gasteiger partial charge < -0.3 is 10.2 Å². The minimum Gasteiger partial charge on any atom is -0.329 e. The lowest BCUT2D eigenvalue weighted by Gasteiger charge is -2.23. The van der Waals surface area contributed by atoms with Gasteiger partial charge in [-0.25, -0.2) is 9.37 Å². The number of para-hydroxylation sites is 1. The molecule has 0 radical (unpaired) electrons. The smallest absolute Gasteiger partial charge is 0.141 e. The van der Waals surface area contributed by atoms with Crippen LogP contribution in [-0.2, 0) is 6.54 Å². The lowest BCUT2D eigenvalue weighted by molar-refractivity contribution is 0.612. The van der Waals surface area contributed by atoms with E-state index in [4.69, 9.17) is 0 Å². The summed E-state index contributed by atoms with van der Waals surface area (Å²) in [5.41, 5.74) is 3.16. The molecule has 110 valence electrons. The first-order chi connectivity index (χ1) is 10.1. The predicted octanol–water partition coefficient (Wildman–Crippen LogP) is 3.55. The molecule has 0 aliphatic heterocycles. The summed E-state index contributed by atoms with van der Waals surface area (Å²) in [6.45, 7) is 2.72. The zero-order valence-electron chi connectivity index (χ0n) is 12.4. The van der Waals surface area contributed by atoms with Crippen molar-refractivity contribution in [3.8, 4) is 0 Å². The summed E-state index contributed by atoms with van der Waals surface area (Å²) >= 11 is 0. The summed E-state index contributed by atoms with van der Waals surface area (Å²) in [5, 5.41) is 3.43. The Morgan fingerprint density at radius 1 is 1.33 bits per heavy atom. The van der Waals surface area contributed by atoms with Gasteiger partial charge in [0.05, 0.1) is 6.20 Å². The van der Waals surface area contributed by atoms with Crippen LogP contribution in [0.4, 0.5) is 15.9 Å². The molecule has 1 fully saturated rings. The summed E-state index contributed by atoms with van der Waals surface area (Å²) in [6.07, 6.45) is 3.71. The maximum absolute atomic E-state index is 13.5. The highest BCUT2D eigenvalue weighted by Gasteiger charge is 2.21. The molecule has 0 bridgehead atoms. The lowest BCUT2D eigenvalue weighted by atomic mass is 10.1. The van der Waals surface area contributed by atoms with Crippen LogP contribution < -0.4 is 10.2 Å². The van der Waals surface area contributed by atoms with Crippen molar-refractivity contribution in [1.29, 1.82) is 0 Å². The van der Waals surface area contributed by atoms with Gasteiger partial charge in [-0.3, -0.25) is 0 Å². The first kappa shape index (κ1) is 14.0. The Hall–Kier alpha value is -1.94. The molecule has 1 aromatic heterocycles. The van der Waals surface area contributed by atoms with E-state index in [1.54, 1.807) is 6.07 Å². The maximum Gasteiger partial charge on any atom is 0.141 e. The zero-order chi connectivity index (χ0) is 14.8. The van der Waals surface area contributed by atoms with E-state index >= 15 is 0 Å². The third kappa shape index (κ3) is 3.22. The number of anilines is 2. The molecule has 4 heteroatoms. The Labute approximate surface area is 124 Å². The summed E-state index contributed by atoms with van der Waals surface area (Å²) in [5.74, 6) is 0.517. The molecule has 1 heterocycles. The lowest BCUT2D eigenvalue weighted by Crippen LogP contribution is -2.20. The molecule has 2 aromatic rings. The number of nitrogens with zero attached hydrogens (tertiary/aromatic N) is 2. The zero-order valence-corrected chi connectivity index (χ0v) is 12.4. The Morgan fingerprint density at radius 3 is 2.81 bits per heavy atom. The van der Waals surface area contributed by atoms with Gasteiger partial charge >= 0.3 is 0 Å². The maximum atomic E-state index is 13.5. The number of benzene rings is 1. The van der Waals surface area contributed by atoms with Gasteiger partial charge in [0.15, 0.2) is 0 Å². The van der Waals surface area contributed by atoms with Crippen molar-refractivity contribution < 1.29 is 4.39 Å². The van der Waals surface area contributed by atoms with Crippen LogP contribution in [0.2, 0.25) is 0 Å². The van der Waals surface area contributed by atoms with Crippen LogP contribution in [0.15, 0.2) is 36.5 Å². The average molecular weight is 285 g/mol. The highest BCUT2D eigenvalue weighted by Crippen LogP contribution is 2.28. The Kier molecular flexibility index (Phi) is 3.88. The first-order valence-corrected chi connectivity index (χ1v) is 7.32. The van der Waals surface area contributed by atoms with Gasteiger partial charge in [0.1, 0.15) is 11.6 Å². The van der Waals surface area contributed by atoms with E-state index < -0.39 is 0 Å². The fourth-order valence-electron chi connectivity index (χ4n) is 2.50. The van der Waals surface area contributed by atoms with E-state index in [0.717, 1.165) is 17.1 Å². The van der Waals surface area contributed by atoms with Gasteiger partial charge in [0.2, 0.25) is 0 Å². The minimum absolute atomic E-state index is 0.287. The second-order valence-electron chi connectivity index (χ2n) is 5.64. The summed E-state index contributed by atoms with van der Waals surface area (Å²) in [7, 11) is 1.98. The molecular weight excluding hydrogens is 265 g/mol. The number of aryl methyl sites for hydroxylation is 1. The standard InChI is InChI=1S/C17H20FN3/c1-12-5-3-4-6-16(12)21(2)17-13(9-14(18)11-20-17)10-19-15-7-8-15/h3-6,9,11,15,19H,7-8,10H2,1-2H3. The van der Waals surface area contributed by atoms with E-state index in [9.17, 15) is 4.39 Å². The van der Waals surface area contributed by atoms with Crippen LogP contribution in [-0.4, -0.2) is 18.1 Å². The number of hydrogen-bond donors (Lipinski definition) is 1. The Balaban J connectivity index is 1.90. The summed E-state index contributed by atoms with van der Waals surface area (Å²) in [4.78, 5) is 6.33. The molecule has 1 aliphatic carbocycles. The van der Waals surface area contributed by atoms with Gasteiger partial charge in [0.25, 0.3) is 0 Å². The van der Waals surface area contributed by atoms with Crippen molar-refractivity contribution in [3.05, 3.63) is 53.5 Å². The summed E-state index contributed by atoms with van der Waals surface area (Å²) < 4.78 is 13.5. The van der Waals surface area contributed by atoms with Gasteiger partial charge in [-0.2, -0.15) is 0 Å². The molecule has 21 heavy (non-hydrogen) atoms. The molecular formula is C17H20FN3. The van der Waals surface area contributed by atoms with Gasteiger partial charge in [-0.05, 0) is 37.5 Å². The van der Waals surface area contributed by atoms with Crippen molar-refractivity contribution in [2.45, 2.75) is 32.4 Å². The molecule has 0 spiro atoms. The second kappa shape index (κ2) is 5.82. The number of hydrogen-bond acceptors (Lipinski definition) is 3. The number of nitrogens with one attached hydrogen (secondary N) is 1. The number of rotatable bonds is 5. The quantitative estimate of drug-likeness (QED) is 0.910. The molecule has 1 aromatic carbocycles. The van der Waals surface area contributed by atoms with E-state index in [1.807, 2.05) is 24.1 Å². The van der Waals surface area contributed by atoms with Crippen molar-refractivity contribution in [2.24, 2.45) is 0 Å². The third-order valence-electron chi connectivity index (χ3n) is 3.86. The van der Waals surface area contributed by atoms with Crippen LogP contribution >= 0.6 is 0 Å². The highest BCUT2D eigenvalue weighted by molar-refractivity contribution is 5.65. The number of pyridine rings is 1. The molecule has 0 saturated heterocycles. The fraction of sp³-hybridized carbons (Fsp3) is 0.353. The molecule has 3 nitrogen and oxygen atoms in total. The molecule has 3 rings (SSSR count). The average Bonchev–Trinajstić information content (AvgIpc) is 3.29. The van der Waals surface area contributed by atoms with Crippen LogP contribution in [0, 0.1) is 12.7 Å². The fourth-order valence-corrected chi connectivity index (χ4v) is 2.50. The van der Waals surface area contributed by atoms with Crippen molar-refractivity contribution in [2.75, 3.05) is 11.9 Å². The van der Waals surface area contributed by atoms with Crippen LogP contribution in [0.5, 0.6) is 0 Å². The first-order valence-electron chi connectivity index (χ1n) is 7.32. The van der Waals surface area contributed by atoms with E-state index in [-0.39, 0.29) is 5.82 Å². The van der Waals surface area contributed by atoms with Crippen molar-refractivity contribution >= 4 is 11.5 Å². The highest BCUT2D eigenvalue weighted by atomic mass is 19.1. The predicted molar refractivity (Wildman–Crippen MR) is 83.3 cm³/mol. The van der Waals surface area contributed by atoms with E-state index in [1.165, 1.54) is 24.6 Å². The van der Waals surface area contributed by atoms with Gasteiger partial charge in [-0.1, -0.05) is 18.2 Å². The normalized spacial score (nSPS) is 14.2. The largest absolute Gasteiger partial charge is 0.329 e. The minimum atomic E-state index is -0.287. The van der Waals surface area contributed by atoms with E-state index in [0.29, 0.717) is 12.6 Å². The molecule has 0 atom stereocenters. The van der Waals surface area contributed by atoms with E-state index in [2.05, 4.69) is 29.4 Å². The molecule has 1 aliphatic rings. The van der Waals surface area contributed by atoms with Crippen molar-refractivity contribution in [1.82, 2.24) is 10.3 Å². The second-order valence-corrected chi connectivity index (χ2v) is 5.64.